The summed E-state index contributed by atoms with van der Waals surface area (Å²) in [5, 5.41) is 40.7. The third kappa shape index (κ3) is 13.6. The lowest BCUT2D eigenvalue weighted by Gasteiger charge is -2.23. The van der Waals surface area contributed by atoms with Crippen molar-refractivity contribution >= 4 is 18.0 Å². The summed E-state index contributed by atoms with van der Waals surface area (Å²) in [7, 11) is 1.42. The van der Waals surface area contributed by atoms with Gasteiger partial charge in [-0.3, -0.25) is 4.79 Å². The van der Waals surface area contributed by atoms with Crippen molar-refractivity contribution in [2.24, 2.45) is 11.8 Å². The molecular formula is C35H45NO11. The number of benzene rings is 2. The van der Waals surface area contributed by atoms with E-state index in [0.717, 1.165) is 12.5 Å². The number of ether oxygens (including phenoxy) is 3. The summed E-state index contributed by atoms with van der Waals surface area (Å²) in [6, 6.07) is 14.8. The van der Waals surface area contributed by atoms with Crippen LogP contribution in [-0.4, -0.2) is 71.0 Å². The average molecular weight is 656 g/mol. The predicted octanol–water partition coefficient (Wildman–Crippen LogP) is 4.61. The van der Waals surface area contributed by atoms with Crippen LogP contribution in [0.1, 0.15) is 62.5 Å². The van der Waals surface area contributed by atoms with Gasteiger partial charge in [0.15, 0.2) is 11.5 Å². The first-order valence-electron chi connectivity index (χ1n) is 15.9. The van der Waals surface area contributed by atoms with Gasteiger partial charge in [-0.05, 0) is 92.5 Å². The van der Waals surface area contributed by atoms with Crippen molar-refractivity contribution in [1.82, 2.24) is 0 Å². The number of aliphatic hydroxyl groups excluding tert-OH is 3. The summed E-state index contributed by atoms with van der Waals surface area (Å²) in [5.41, 5.74) is 1.76. The second-order valence-electron chi connectivity index (χ2n) is 11.5. The number of hydrogen-bond donors (Lipinski definition) is 3. The minimum absolute atomic E-state index is 0.0792. The van der Waals surface area contributed by atoms with Crippen molar-refractivity contribution in [1.29, 1.82) is 0 Å². The first-order chi connectivity index (χ1) is 22.7. The van der Waals surface area contributed by atoms with Crippen molar-refractivity contribution in [2.75, 3.05) is 20.3 Å². The Labute approximate surface area is 274 Å². The molecule has 0 aliphatic heterocycles. The van der Waals surface area contributed by atoms with Crippen LogP contribution < -0.4 is 9.47 Å². The van der Waals surface area contributed by atoms with Gasteiger partial charge in [-0.15, -0.1) is 10.1 Å². The third-order valence-electron chi connectivity index (χ3n) is 8.14. The van der Waals surface area contributed by atoms with E-state index in [4.69, 9.17) is 14.2 Å². The van der Waals surface area contributed by atoms with Crippen molar-refractivity contribution in [3.63, 3.8) is 0 Å². The summed E-state index contributed by atoms with van der Waals surface area (Å²) in [4.78, 5) is 38.4. The van der Waals surface area contributed by atoms with Crippen molar-refractivity contribution < 1.29 is 49.0 Å². The Hall–Kier alpha value is -4.26. The number of unbranched alkanes of at least 4 members (excludes halogenated alkanes) is 1. The second kappa shape index (κ2) is 20.1. The van der Waals surface area contributed by atoms with Crippen LogP contribution in [0.2, 0.25) is 0 Å². The highest BCUT2D eigenvalue weighted by atomic mass is 17.0. The van der Waals surface area contributed by atoms with E-state index in [9.17, 15) is 35.0 Å². The lowest BCUT2D eigenvalue weighted by molar-refractivity contribution is -0.757. The number of carbonyl (C=O) groups is 2. The molecule has 0 bridgehead atoms. The molecule has 5 atom stereocenters. The molecule has 0 amide bonds. The number of nitrogens with zero attached hydrogens (tertiary/aromatic N) is 1. The van der Waals surface area contributed by atoms with E-state index < -0.39 is 35.3 Å². The Morgan fingerprint density at radius 1 is 1.02 bits per heavy atom. The molecule has 12 heteroatoms. The summed E-state index contributed by atoms with van der Waals surface area (Å²) in [5.74, 6) is -0.773. The number of carbonyl (C=O) groups excluding carboxylic acids is 2. The third-order valence-corrected chi connectivity index (χ3v) is 8.14. The van der Waals surface area contributed by atoms with Crippen molar-refractivity contribution in [3.8, 4) is 11.5 Å². The first kappa shape index (κ1) is 37.2. The number of methoxy groups -OCH3 is 1. The van der Waals surface area contributed by atoms with Gasteiger partial charge in [-0.2, -0.15) is 0 Å². The lowest BCUT2D eigenvalue weighted by atomic mass is 9.85. The molecule has 1 saturated carbocycles. The van der Waals surface area contributed by atoms with Gasteiger partial charge in [0.25, 0.3) is 5.09 Å². The van der Waals surface area contributed by atoms with Crippen LogP contribution in [0.5, 0.6) is 11.5 Å². The highest BCUT2D eigenvalue weighted by Crippen LogP contribution is 2.38. The van der Waals surface area contributed by atoms with E-state index in [0.29, 0.717) is 56.3 Å². The maximum absolute atomic E-state index is 12.5. The molecule has 1 aliphatic carbocycles. The smallest absolute Gasteiger partial charge is 0.330 e. The molecule has 0 heterocycles. The molecule has 0 saturated heterocycles. The van der Waals surface area contributed by atoms with E-state index in [1.807, 2.05) is 42.5 Å². The van der Waals surface area contributed by atoms with E-state index >= 15 is 0 Å². The number of rotatable bonds is 20. The Morgan fingerprint density at radius 3 is 2.53 bits per heavy atom. The maximum Gasteiger partial charge on any atom is 0.330 e. The van der Waals surface area contributed by atoms with E-state index in [-0.39, 0.29) is 37.2 Å². The molecule has 0 aromatic heterocycles. The maximum atomic E-state index is 12.5. The number of allylic oxidation sites excluding steroid dienone is 2. The molecule has 0 radical (unpaired) electrons. The van der Waals surface area contributed by atoms with E-state index in [1.54, 1.807) is 18.2 Å². The topological polar surface area (TPSA) is 175 Å². The van der Waals surface area contributed by atoms with Gasteiger partial charge in [0, 0.05) is 12.5 Å². The molecular weight excluding hydrogens is 610 g/mol. The predicted molar refractivity (Wildman–Crippen MR) is 173 cm³/mol. The van der Waals surface area contributed by atoms with Crippen LogP contribution in [0.3, 0.4) is 0 Å². The fourth-order valence-electron chi connectivity index (χ4n) is 5.66. The van der Waals surface area contributed by atoms with Crippen LogP contribution in [0.4, 0.5) is 0 Å². The van der Waals surface area contributed by atoms with Gasteiger partial charge in [-0.25, -0.2) is 4.79 Å². The molecule has 0 unspecified atom stereocenters. The van der Waals surface area contributed by atoms with Gasteiger partial charge in [0.1, 0.15) is 13.2 Å². The second-order valence-corrected chi connectivity index (χ2v) is 11.5. The van der Waals surface area contributed by atoms with E-state index in [1.165, 1.54) is 18.7 Å². The minimum Gasteiger partial charge on any atom is -0.493 e. The number of aliphatic hydroxyl groups is 3. The SMILES string of the molecule is COc1cc(C=CC(=O)OCCO[N+](=O)[O-])ccc1OC(=O)CCCC=CC[C@@H]1[C@@H](CC[C@@H](O)CCc2ccccc2)[C@H](O)C[C@@H]1O. The van der Waals surface area contributed by atoms with Crippen LogP contribution in [-0.2, 0) is 25.6 Å². The van der Waals surface area contributed by atoms with Gasteiger partial charge in [0.2, 0.25) is 0 Å². The Kier molecular flexibility index (Phi) is 15.9. The molecule has 2 aromatic rings. The fraction of sp³-hybridized carbons (Fsp3) is 0.486. The van der Waals surface area contributed by atoms with Crippen molar-refractivity contribution in [3.05, 3.63) is 88.0 Å². The Morgan fingerprint density at radius 2 is 1.79 bits per heavy atom. The minimum atomic E-state index is -0.974. The number of hydrogen-bond acceptors (Lipinski definition) is 11. The van der Waals surface area contributed by atoms with Crippen LogP contribution in [0.15, 0.2) is 66.8 Å². The summed E-state index contributed by atoms with van der Waals surface area (Å²) in [6.45, 7) is -0.635. The molecule has 0 spiro atoms. The molecule has 1 aliphatic rings. The first-order valence-corrected chi connectivity index (χ1v) is 15.9. The van der Waals surface area contributed by atoms with E-state index in [2.05, 4.69) is 4.84 Å². The zero-order chi connectivity index (χ0) is 34.0. The Balaban J connectivity index is 1.37. The monoisotopic (exact) mass is 655 g/mol. The number of esters is 2. The van der Waals surface area contributed by atoms with Crippen LogP contribution in [0.25, 0.3) is 6.08 Å². The standard InChI is InChI=1S/C35H45NO11/c1-44-33-23-26(15-20-34(40)45-21-22-46-36(42)43)14-19-32(33)47-35(41)12-8-3-2-7-11-28-29(31(39)24-30(28)38)18-17-27(37)16-13-25-9-5-4-6-10-25/h2,4-7,9-10,14-15,19-20,23,27-31,37-39H,3,8,11-13,16-18,21-22,24H2,1H3/t27-,28+,29+,30-,31+/m0/s1. The summed E-state index contributed by atoms with van der Waals surface area (Å²) < 4.78 is 15.6. The van der Waals surface area contributed by atoms with Crippen molar-refractivity contribution in [2.45, 2.75) is 76.1 Å². The number of aryl methyl sites for hydroxylation is 1. The normalized spacial score (nSPS) is 19.9. The zero-order valence-electron chi connectivity index (χ0n) is 26.6. The molecule has 12 nitrogen and oxygen atoms in total. The molecule has 3 N–H and O–H groups in total. The van der Waals surface area contributed by atoms with Gasteiger partial charge >= 0.3 is 11.9 Å². The van der Waals surface area contributed by atoms with Gasteiger partial charge in [-0.1, -0.05) is 48.6 Å². The summed E-state index contributed by atoms with van der Waals surface area (Å²) in [6.07, 6.45) is 9.92. The molecule has 1 fully saturated rings. The summed E-state index contributed by atoms with van der Waals surface area (Å²) >= 11 is 0. The van der Waals surface area contributed by atoms with Gasteiger partial charge in [0.05, 0.1) is 25.4 Å². The molecule has 2 aromatic carbocycles. The van der Waals surface area contributed by atoms with Crippen LogP contribution in [0, 0.1) is 22.0 Å². The highest BCUT2D eigenvalue weighted by Gasteiger charge is 2.40. The lowest BCUT2D eigenvalue weighted by Crippen LogP contribution is -2.23. The molecule has 3 rings (SSSR count). The highest BCUT2D eigenvalue weighted by molar-refractivity contribution is 5.87. The fourth-order valence-corrected chi connectivity index (χ4v) is 5.66. The largest absolute Gasteiger partial charge is 0.493 e. The molecule has 47 heavy (non-hydrogen) atoms. The van der Waals surface area contributed by atoms with Crippen LogP contribution >= 0.6 is 0 Å². The van der Waals surface area contributed by atoms with Gasteiger partial charge < -0.3 is 34.4 Å². The quantitative estimate of drug-likeness (QED) is 0.0345. The average Bonchev–Trinajstić information content (AvgIpc) is 3.33. The zero-order valence-corrected chi connectivity index (χ0v) is 26.6. The Bertz CT molecular complexity index is 1330. The molecule has 256 valence electrons.